The van der Waals surface area contributed by atoms with Crippen molar-refractivity contribution in [3.05, 3.63) is 36.0 Å². The highest BCUT2D eigenvalue weighted by molar-refractivity contribution is 5.97. The Balaban J connectivity index is 2.63. The Morgan fingerprint density at radius 3 is 2.57 bits per heavy atom. The molecule has 112 valence electrons. The molecule has 0 aliphatic carbocycles. The molecule has 0 radical (unpaired) electrons. The van der Waals surface area contributed by atoms with Gasteiger partial charge < -0.3 is 20.3 Å². The third-order valence-corrected chi connectivity index (χ3v) is 2.72. The Morgan fingerprint density at radius 2 is 2.05 bits per heavy atom. The molecule has 0 aromatic heterocycles. The molecule has 0 atom stereocenters. The van der Waals surface area contributed by atoms with Gasteiger partial charge in [-0.25, -0.2) is 0 Å². The molecular weight excluding hydrogens is 268 g/mol. The Morgan fingerprint density at radius 1 is 1.38 bits per heavy atom. The minimum Gasteiger partial charge on any atom is -0.383 e. The van der Waals surface area contributed by atoms with Crippen LogP contribution in [0.2, 0.25) is 0 Å². The van der Waals surface area contributed by atoms with Crippen molar-refractivity contribution in [1.29, 1.82) is 5.26 Å². The van der Waals surface area contributed by atoms with Crippen LogP contribution in [0.1, 0.15) is 0 Å². The molecule has 0 aliphatic heterocycles. The molecule has 6 heteroatoms. The SMILES string of the molecule is COCCNC(=O)/C(C#N)=C\Nc1ccc(N(C)C)cc1. The quantitative estimate of drug-likeness (QED) is 0.450. The van der Waals surface area contributed by atoms with Gasteiger partial charge in [-0.2, -0.15) is 5.26 Å². The van der Waals surface area contributed by atoms with Crippen molar-refractivity contribution in [2.75, 3.05) is 44.6 Å². The Kier molecular flexibility index (Phi) is 6.78. The van der Waals surface area contributed by atoms with Crippen LogP contribution >= 0.6 is 0 Å². The van der Waals surface area contributed by atoms with E-state index in [9.17, 15) is 4.79 Å². The topological polar surface area (TPSA) is 77.4 Å². The van der Waals surface area contributed by atoms with Gasteiger partial charge in [0.1, 0.15) is 11.6 Å². The Hall–Kier alpha value is -2.52. The number of rotatable bonds is 7. The molecule has 1 rings (SSSR count). The van der Waals surface area contributed by atoms with Crippen LogP contribution in [0.25, 0.3) is 0 Å². The summed E-state index contributed by atoms with van der Waals surface area (Å²) in [6, 6.07) is 9.51. The van der Waals surface area contributed by atoms with E-state index in [1.165, 1.54) is 6.20 Å². The van der Waals surface area contributed by atoms with Crippen LogP contribution in [0.15, 0.2) is 36.0 Å². The van der Waals surface area contributed by atoms with Crippen molar-refractivity contribution in [3.8, 4) is 6.07 Å². The standard InChI is InChI=1S/C15H20N4O2/c1-19(2)14-6-4-13(5-7-14)18-11-12(10-16)15(20)17-8-9-21-3/h4-7,11,18H,8-9H2,1-3H3,(H,17,20)/b12-11-. The summed E-state index contributed by atoms with van der Waals surface area (Å²) < 4.78 is 4.83. The van der Waals surface area contributed by atoms with E-state index in [4.69, 9.17) is 10.00 Å². The second kappa shape index (κ2) is 8.61. The van der Waals surface area contributed by atoms with Crippen molar-refractivity contribution < 1.29 is 9.53 Å². The molecule has 0 spiro atoms. The van der Waals surface area contributed by atoms with E-state index in [-0.39, 0.29) is 5.57 Å². The molecule has 1 amide bonds. The maximum absolute atomic E-state index is 11.7. The normalized spacial score (nSPS) is 10.7. The Bertz CT molecular complexity index is 530. The van der Waals surface area contributed by atoms with Crippen LogP contribution in [-0.4, -0.2) is 40.3 Å². The summed E-state index contributed by atoms with van der Waals surface area (Å²) in [6.07, 6.45) is 1.40. The average molecular weight is 288 g/mol. The summed E-state index contributed by atoms with van der Waals surface area (Å²) in [5, 5.41) is 14.5. The van der Waals surface area contributed by atoms with Crippen molar-refractivity contribution in [3.63, 3.8) is 0 Å². The number of carbonyl (C=O) groups is 1. The third kappa shape index (κ3) is 5.55. The van der Waals surface area contributed by atoms with Crippen molar-refractivity contribution in [2.45, 2.75) is 0 Å². The average Bonchev–Trinajstić information content (AvgIpc) is 2.48. The van der Waals surface area contributed by atoms with Gasteiger partial charge in [0.05, 0.1) is 6.61 Å². The molecule has 1 aromatic rings. The van der Waals surface area contributed by atoms with Crippen molar-refractivity contribution in [1.82, 2.24) is 5.32 Å². The van der Waals surface area contributed by atoms with Gasteiger partial charge in [-0.1, -0.05) is 0 Å². The number of nitrogens with zero attached hydrogens (tertiary/aromatic N) is 2. The van der Waals surface area contributed by atoms with Gasteiger partial charge in [-0.05, 0) is 24.3 Å². The van der Waals surface area contributed by atoms with Crippen molar-refractivity contribution >= 4 is 17.3 Å². The molecule has 0 saturated carbocycles. The Labute approximate surface area is 125 Å². The van der Waals surface area contributed by atoms with Gasteiger partial charge in [-0.3, -0.25) is 4.79 Å². The maximum Gasteiger partial charge on any atom is 0.263 e. The first-order chi connectivity index (χ1) is 10.1. The number of methoxy groups -OCH3 is 1. The third-order valence-electron chi connectivity index (χ3n) is 2.72. The van der Waals surface area contributed by atoms with E-state index in [1.807, 2.05) is 49.3 Å². The largest absolute Gasteiger partial charge is 0.383 e. The summed E-state index contributed by atoms with van der Waals surface area (Å²) in [5.41, 5.74) is 1.89. The number of hydrogen-bond donors (Lipinski definition) is 2. The van der Waals surface area contributed by atoms with Gasteiger partial charge in [0.15, 0.2) is 0 Å². The molecule has 0 saturated heterocycles. The zero-order valence-corrected chi connectivity index (χ0v) is 12.5. The number of nitrogens with one attached hydrogen (secondary N) is 2. The zero-order valence-electron chi connectivity index (χ0n) is 12.5. The van der Waals surface area contributed by atoms with Crippen LogP contribution in [0, 0.1) is 11.3 Å². The molecule has 2 N–H and O–H groups in total. The van der Waals surface area contributed by atoms with E-state index >= 15 is 0 Å². The van der Waals surface area contributed by atoms with E-state index in [2.05, 4.69) is 10.6 Å². The van der Waals surface area contributed by atoms with Crippen LogP contribution in [0.4, 0.5) is 11.4 Å². The van der Waals surface area contributed by atoms with Crippen LogP contribution in [-0.2, 0) is 9.53 Å². The monoisotopic (exact) mass is 288 g/mol. The van der Waals surface area contributed by atoms with Gasteiger partial charge in [0.25, 0.3) is 5.91 Å². The van der Waals surface area contributed by atoms with E-state index < -0.39 is 5.91 Å². The summed E-state index contributed by atoms with van der Waals surface area (Å²) in [7, 11) is 5.47. The first-order valence-corrected chi connectivity index (χ1v) is 6.49. The highest BCUT2D eigenvalue weighted by Crippen LogP contribution is 2.15. The molecule has 1 aromatic carbocycles. The highest BCUT2D eigenvalue weighted by atomic mass is 16.5. The lowest BCUT2D eigenvalue weighted by molar-refractivity contribution is -0.117. The minimum atomic E-state index is -0.424. The zero-order chi connectivity index (χ0) is 15.7. The number of nitriles is 1. The molecule has 0 bridgehead atoms. The highest BCUT2D eigenvalue weighted by Gasteiger charge is 2.07. The van der Waals surface area contributed by atoms with Gasteiger partial charge in [0.2, 0.25) is 0 Å². The minimum absolute atomic E-state index is 0.0165. The number of amides is 1. The number of anilines is 2. The fraction of sp³-hybridized carbons (Fsp3) is 0.333. The van der Waals surface area contributed by atoms with Gasteiger partial charge in [0, 0.05) is 45.3 Å². The van der Waals surface area contributed by atoms with E-state index in [0.29, 0.717) is 13.2 Å². The summed E-state index contributed by atoms with van der Waals surface area (Å²) in [5.74, 6) is -0.424. The molecule has 21 heavy (non-hydrogen) atoms. The molecule has 0 aliphatic rings. The van der Waals surface area contributed by atoms with Crippen LogP contribution < -0.4 is 15.5 Å². The molecular formula is C15H20N4O2. The fourth-order valence-electron chi connectivity index (χ4n) is 1.52. The van der Waals surface area contributed by atoms with E-state index in [1.54, 1.807) is 7.11 Å². The summed E-state index contributed by atoms with van der Waals surface area (Å²) in [6.45, 7) is 0.774. The molecule has 0 unspecified atom stereocenters. The first-order valence-electron chi connectivity index (χ1n) is 6.49. The number of ether oxygens (including phenoxy) is 1. The second-order valence-electron chi connectivity index (χ2n) is 4.50. The lowest BCUT2D eigenvalue weighted by Gasteiger charge is -2.12. The molecule has 0 fully saturated rings. The molecule has 6 nitrogen and oxygen atoms in total. The number of hydrogen-bond acceptors (Lipinski definition) is 5. The lowest BCUT2D eigenvalue weighted by Crippen LogP contribution is -2.28. The predicted molar refractivity (Wildman–Crippen MR) is 83.0 cm³/mol. The summed E-state index contributed by atoms with van der Waals surface area (Å²) >= 11 is 0. The smallest absolute Gasteiger partial charge is 0.263 e. The lowest BCUT2D eigenvalue weighted by atomic mass is 10.2. The van der Waals surface area contributed by atoms with Gasteiger partial charge >= 0.3 is 0 Å². The maximum atomic E-state index is 11.7. The second-order valence-corrected chi connectivity index (χ2v) is 4.50. The van der Waals surface area contributed by atoms with Crippen LogP contribution in [0.3, 0.4) is 0 Å². The number of benzene rings is 1. The fourth-order valence-corrected chi connectivity index (χ4v) is 1.52. The van der Waals surface area contributed by atoms with Crippen LogP contribution in [0.5, 0.6) is 0 Å². The van der Waals surface area contributed by atoms with Gasteiger partial charge in [-0.15, -0.1) is 0 Å². The van der Waals surface area contributed by atoms with Crippen molar-refractivity contribution in [2.24, 2.45) is 0 Å². The molecule has 0 heterocycles. The first kappa shape index (κ1) is 16.5. The number of carbonyl (C=O) groups excluding carboxylic acids is 1. The predicted octanol–water partition coefficient (Wildman–Crippen LogP) is 1.33. The van der Waals surface area contributed by atoms with E-state index in [0.717, 1.165) is 11.4 Å². The summed E-state index contributed by atoms with van der Waals surface area (Å²) in [4.78, 5) is 13.7.